The molecule has 10 heteroatoms. The van der Waals surface area contributed by atoms with Crippen LogP contribution in [0.1, 0.15) is 0 Å². The maximum absolute atomic E-state index is 13.3. The molecule has 0 amide bonds. The van der Waals surface area contributed by atoms with Crippen molar-refractivity contribution in [3.05, 3.63) is 88.9 Å². The first kappa shape index (κ1) is 20.7. The highest BCUT2D eigenvalue weighted by molar-refractivity contribution is 7.94. The van der Waals surface area contributed by atoms with Crippen LogP contribution in [-0.4, -0.2) is 8.42 Å². The Morgan fingerprint density at radius 3 is 1.57 bits per heavy atom. The molecule has 0 radical (unpaired) electrons. The van der Waals surface area contributed by atoms with Crippen LogP contribution in [0.4, 0.5) is 0 Å². The van der Waals surface area contributed by atoms with Crippen molar-refractivity contribution in [1.29, 1.82) is 0 Å². The van der Waals surface area contributed by atoms with Gasteiger partial charge in [-0.3, -0.25) is 0 Å². The maximum atomic E-state index is 13.3. The van der Waals surface area contributed by atoms with E-state index in [-0.39, 0.29) is 16.4 Å². The van der Waals surface area contributed by atoms with Crippen LogP contribution in [0.15, 0.2) is 83.8 Å². The Morgan fingerprint density at radius 2 is 1.14 bits per heavy atom. The molecular formula is C18H14Cl2NO5PS. The van der Waals surface area contributed by atoms with E-state index in [1.165, 1.54) is 60.7 Å². The first-order valence-electron chi connectivity index (χ1n) is 7.85. The van der Waals surface area contributed by atoms with E-state index in [2.05, 4.69) is 0 Å². The van der Waals surface area contributed by atoms with Gasteiger partial charge in [-0.2, -0.15) is 0 Å². The molecule has 1 N–H and O–H groups in total. The molecule has 0 atom stereocenters. The summed E-state index contributed by atoms with van der Waals surface area (Å²) in [5, 5.41) is 0.872. The first-order valence-corrected chi connectivity index (χ1v) is 11.6. The van der Waals surface area contributed by atoms with Gasteiger partial charge in [0.05, 0.1) is 4.90 Å². The Bertz CT molecular complexity index is 1040. The second-order valence-electron chi connectivity index (χ2n) is 5.50. The van der Waals surface area contributed by atoms with Crippen LogP contribution in [0.5, 0.6) is 11.5 Å². The van der Waals surface area contributed by atoms with Crippen LogP contribution in [0.3, 0.4) is 0 Å². The minimum Gasteiger partial charge on any atom is -0.404 e. The van der Waals surface area contributed by atoms with E-state index in [0.717, 1.165) is 0 Å². The summed E-state index contributed by atoms with van der Waals surface area (Å²) < 4.78 is 51.4. The van der Waals surface area contributed by atoms with Gasteiger partial charge in [-0.05, 0) is 60.7 Å². The minimum atomic E-state index is -4.40. The summed E-state index contributed by atoms with van der Waals surface area (Å²) in [4.78, 5) is -0.0883. The molecule has 0 aliphatic heterocycles. The lowest BCUT2D eigenvalue weighted by molar-refractivity contribution is 0.381. The van der Waals surface area contributed by atoms with Gasteiger partial charge in [0, 0.05) is 10.0 Å². The molecule has 3 aromatic carbocycles. The molecule has 0 aromatic heterocycles. The van der Waals surface area contributed by atoms with E-state index in [1.807, 2.05) is 4.49 Å². The van der Waals surface area contributed by atoms with Crippen LogP contribution in [-0.2, 0) is 14.6 Å². The van der Waals surface area contributed by atoms with Crippen LogP contribution >= 0.6 is 30.9 Å². The number of nitrogens with one attached hydrogen (secondary N) is 1. The Labute approximate surface area is 172 Å². The normalized spacial score (nSPS) is 11.8. The highest BCUT2D eigenvalue weighted by atomic mass is 35.5. The van der Waals surface area contributed by atoms with Crippen molar-refractivity contribution in [3.8, 4) is 11.5 Å². The van der Waals surface area contributed by atoms with E-state index >= 15 is 0 Å². The Balaban J connectivity index is 1.94. The summed E-state index contributed by atoms with van der Waals surface area (Å²) in [6.07, 6.45) is 0. The van der Waals surface area contributed by atoms with Crippen molar-refractivity contribution in [3.63, 3.8) is 0 Å². The van der Waals surface area contributed by atoms with Gasteiger partial charge < -0.3 is 9.05 Å². The Kier molecular flexibility index (Phi) is 6.33. The van der Waals surface area contributed by atoms with Gasteiger partial charge in [0.15, 0.2) is 0 Å². The fourth-order valence-corrected chi connectivity index (χ4v) is 5.62. The number of rotatable bonds is 7. The predicted octanol–water partition coefficient (Wildman–Crippen LogP) is 5.54. The van der Waals surface area contributed by atoms with Gasteiger partial charge in [0.25, 0.3) is 10.0 Å². The van der Waals surface area contributed by atoms with Gasteiger partial charge in [0.2, 0.25) is 0 Å². The van der Waals surface area contributed by atoms with Crippen LogP contribution in [0, 0.1) is 0 Å². The number of hydrogen-bond donors (Lipinski definition) is 1. The third-order valence-corrected chi connectivity index (χ3v) is 7.52. The zero-order valence-electron chi connectivity index (χ0n) is 14.2. The van der Waals surface area contributed by atoms with E-state index in [0.29, 0.717) is 10.0 Å². The molecule has 0 spiro atoms. The topological polar surface area (TPSA) is 81.7 Å². The van der Waals surface area contributed by atoms with Crippen molar-refractivity contribution >= 4 is 41.0 Å². The molecule has 0 aliphatic carbocycles. The number of halogens is 2. The predicted molar refractivity (Wildman–Crippen MR) is 109 cm³/mol. The summed E-state index contributed by atoms with van der Waals surface area (Å²) >= 11 is 11.7. The van der Waals surface area contributed by atoms with E-state index in [4.69, 9.17) is 32.2 Å². The lowest BCUT2D eigenvalue weighted by Crippen LogP contribution is -2.26. The number of sulfonamides is 1. The molecule has 0 bridgehead atoms. The zero-order valence-corrected chi connectivity index (χ0v) is 17.4. The zero-order chi connectivity index (χ0) is 20.2. The van der Waals surface area contributed by atoms with Crippen LogP contribution in [0.2, 0.25) is 10.0 Å². The molecule has 3 aromatic rings. The third kappa shape index (κ3) is 5.50. The van der Waals surface area contributed by atoms with E-state index in [1.54, 1.807) is 18.2 Å². The van der Waals surface area contributed by atoms with Crippen molar-refractivity contribution in [2.24, 2.45) is 0 Å². The number of benzene rings is 3. The molecule has 6 nitrogen and oxygen atoms in total. The summed E-state index contributed by atoms with van der Waals surface area (Å²) in [5.41, 5.74) is 0. The average Bonchev–Trinajstić information content (AvgIpc) is 2.66. The summed E-state index contributed by atoms with van der Waals surface area (Å²) in [5.74, 6) is 0.218. The van der Waals surface area contributed by atoms with Crippen LogP contribution < -0.4 is 13.5 Å². The molecule has 28 heavy (non-hydrogen) atoms. The monoisotopic (exact) mass is 457 g/mol. The lowest BCUT2D eigenvalue weighted by Gasteiger charge is -2.20. The minimum absolute atomic E-state index is 0.0883. The van der Waals surface area contributed by atoms with Gasteiger partial charge in [0.1, 0.15) is 11.5 Å². The van der Waals surface area contributed by atoms with Gasteiger partial charge in [-0.15, -0.1) is 0 Å². The maximum Gasteiger partial charge on any atom is 0.526 e. The largest absolute Gasteiger partial charge is 0.526 e. The molecular weight excluding hydrogens is 444 g/mol. The van der Waals surface area contributed by atoms with E-state index in [9.17, 15) is 13.0 Å². The van der Waals surface area contributed by atoms with Gasteiger partial charge in [-0.25, -0.2) is 13.0 Å². The highest BCUT2D eigenvalue weighted by Gasteiger charge is 2.35. The Hall–Kier alpha value is -2.02. The summed E-state index contributed by atoms with van der Waals surface area (Å²) in [6, 6.07) is 19.3. The molecule has 0 saturated heterocycles. The number of hydrogen-bond acceptors (Lipinski definition) is 5. The standard InChI is InChI=1S/C18H14Cl2NO5PS/c19-14-6-10-16(11-7-14)25-27(22,26-17-12-8-15(20)9-13-17)21-28(23,24)18-4-2-1-3-5-18/h1-13H,(H,21,22). The molecule has 0 aliphatic rings. The SMILES string of the molecule is O=P(NS(=O)(=O)c1ccccc1)(Oc1ccc(Cl)cc1)Oc1ccc(Cl)cc1. The van der Waals surface area contributed by atoms with Gasteiger partial charge >= 0.3 is 7.75 Å². The Morgan fingerprint density at radius 1 is 0.714 bits per heavy atom. The first-order chi connectivity index (χ1) is 13.3. The molecule has 0 unspecified atom stereocenters. The molecule has 0 heterocycles. The van der Waals surface area contributed by atoms with Crippen molar-refractivity contribution in [2.75, 3.05) is 0 Å². The smallest absolute Gasteiger partial charge is 0.404 e. The molecule has 3 rings (SSSR count). The molecule has 0 saturated carbocycles. The lowest BCUT2D eigenvalue weighted by atomic mass is 10.3. The molecule has 146 valence electrons. The fraction of sp³-hybridized carbons (Fsp3) is 0. The highest BCUT2D eigenvalue weighted by Crippen LogP contribution is 2.46. The van der Waals surface area contributed by atoms with Crippen molar-refractivity contribution in [1.82, 2.24) is 4.49 Å². The summed E-state index contributed by atoms with van der Waals surface area (Å²) in [6.45, 7) is 0. The van der Waals surface area contributed by atoms with Crippen molar-refractivity contribution < 1.29 is 22.0 Å². The van der Waals surface area contributed by atoms with Crippen molar-refractivity contribution in [2.45, 2.75) is 4.90 Å². The summed E-state index contributed by atoms with van der Waals surface area (Å²) in [7, 11) is -8.59. The molecule has 0 fully saturated rings. The van der Waals surface area contributed by atoms with Gasteiger partial charge in [-0.1, -0.05) is 45.9 Å². The van der Waals surface area contributed by atoms with E-state index < -0.39 is 17.8 Å². The second kappa shape index (κ2) is 8.55. The average molecular weight is 458 g/mol. The quantitative estimate of drug-likeness (QED) is 0.471. The second-order valence-corrected chi connectivity index (χ2v) is 9.94. The fourth-order valence-electron chi connectivity index (χ4n) is 2.12. The van der Waals surface area contributed by atoms with Crippen LogP contribution in [0.25, 0.3) is 0 Å². The third-order valence-electron chi connectivity index (χ3n) is 3.36.